The molecule has 0 aliphatic carbocycles. The van der Waals surface area contributed by atoms with Crippen molar-refractivity contribution in [2.24, 2.45) is 4.99 Å². The molecule has 0 bridgehead atoms. The zero-order chi connectivity index (χ0) is 26.7. The van der Waals surface area contributed by atoms with E-state index in [0.29, 0.717) is 0 Å². The van der Waals surface area contributed by atoms with Crippen LogP contribution in [0.5, 0.6) is 0 Å². The molecule has 3 nitrogen and oxygen atoms in total. The fraction of sp³-hybridized carbons (Fsp3) is 0.139. The predicted octanol–water partition coefficient (Wildman–Crippen LogP) is 7.37. The van der Waals surface area contributed by atoms with E-state index in [1.807, 2.05) is 0 Å². The highest BCUT2D eigenvalue weighted by atomic mass is 31.1. The summed E-state index contributed by atoms with van der Waals surface area (Å²) >= 11 is 0. The predicted molar refractivity (Wildman–Crippen MR) is 165 cm³/mol. The van der Waals surface area contributed by atoms with Crippen LogP contribution in [0.15, 0.2) is 151 Å². The SMILES string of the molecule is c1ccc([C@H]2N=C([C@H]3Cc4ccccc4CN3P(c3ccccc3)c3ccccc3)O[C@H]2c2ccccc2)cc1. The fourth-order valence-corrected chi connectivity index (χ4v) is 8.46. The summed E-state index contributed by atoms with van der Waals surface area (Å²) in [6.45, 7) is 0.852. The first-order valence-corrected chi connectivity index (χ1v) is 15.2. The van der Waals surface area contributed by atoms with Crippen molar-refractivity contribution < 1.29 is 4.74 Å². The van der Waals surface area contributed by atoms with E-state index in [-0.39, 0.29) is 18.2 Å². The van der Waals surface area contributed by atoms with Gasteiger partial charge < -0.3 is 4.74 Å². The van der Waals surface area contributed by atoms with Gasteiger partial charge in [-0.3, -0.25) is 4.67 Å². The van der Waals surface area contributed by atoms with E-state index in [9.17, 15) is 0 Å². The van der Waals surface area contributed by atoms with E-state index < -0.39 is 8.07 Å². The van der Waals surface area contributed by atoms with E-state index in [4.69, 9.17) is 9.73 Å². The Morgan fingerprint density at radius 2 is 1.07 bits per heavy atom. The molecule has 7 rings (SSSR count). The molecule has 2 heterocycles. The summed E-state index contributed by atoms with van der Waals surface area (Å²) in [6.07, 6.45) is 0.716. The van der Waals surface area contributed by atoms with E-state index in [2.05, 4.69) is 150 Å². The lowest BCUT2D eigenvalue weighted by Crippen LogP contribution is -2.46. The van der Waals surface area contributed by atoms with Crippen molar-refractivity contribution in [1.82, 2.24) is 4.67 Å². The molecule has 0 saturated carbocycles. The summed E-state index contributed by atoms with van der Waals surface area (Å²) in [5.41, 5.74) is 5.11. The number of hydrogen-bond acceptors (Lipinski definition) is 3. The number of nitrogens with zero attached hydrogens (tertiary/aromatic N) is 2. The van der Waals surface area contributed by atoms with Gasteiger partial charge in [0.15, 0.2) is 6.10 Å². The molecule has 5 aromatic carbocycles. The van der Waals surface area contributed by atoms with Gasteiger partial charge in [-0.1, -0.05) is 146 Å². The lowest BCUT2D eigenvalue weighted by atomic mass is 9.96. The molecule has 40 heavy (non-hydrogen) atoms. The van der Waals surface area contributed by atoms with Crippen LogP contribution in [0.3, 0.4) is 0 Å². The van der Waals surface area contributed by atoms with Gasteiger partial charge in [0.1, 0.15) is 6.04 Å². The molecule has 0 unspecified atom stereocenters. The van der Waals surface area contributed by atoms with Crippen molar-refractivity contribution in [3.63, 3.8) is 0 Å². The number of fused-ring (bicyclic) bond motifs is 1. The average Bonchev–Trinajstić information content (AvgIpc) is 3.48. The van der Waals surface area contributed by atoms with Crippen molar-refractivity contribution >= 4 is 24.6 Å². The highest BCUT2D eigenvalue weighted by Gasteiger charge is 2.42. The molecule has 0 amide bonds. The van der Waals surface area contributed by atoms with Crippen molar-refractivity contribution in [3.8, 4) is 0 Å². The Hall–Kier alpha value is -4.04. The first kappa shape index (κ1) is 25.0. The van der Waals surface area contributed by atoms with Crippen LogP contribution in [0.1, 0.15) is 34.4 Å². The van der Waals surface area contributed by atoms with E-state index in [0.717, 1.165) is 24.4 Å². The van der Waals surface area contributed by atoms with Crippen LogP contribution in [0.2, 0.25) is 0 Å². The zero-order valence-electron chi connectivity index (χ0n) is 22.3. The van der Waals surface area contributed by atoms with Crippen molar-refractivity contribution in [2.45, 2.75) is 31.2 Å². The smallest absolute Gasteiger partial charge is 0.203 e. The van der Waals surface area contributed by atoms with E-state index >= 15 is 0 Å². The Bertz CT molecular complexity index is 1550. The van der Waals surface area contributed by atoms with Gasteiger partial charge >= 0.3 is 0 Å². The van der Waals surface area contributed by atoms with Gasteiger partial charge in [0.05, 0.1) is 6.04 Å². The van der Waals surface area contributed by atoms with Gasteiger partial charge in [-0.05, 0) is 39.3 Å². The molecule has 5 aromatic rings. The number of benzene rings is 5. The van der Waals surface area contributed by atoms with Crippen LogP contribution in [0, 0.1) is 0 Å². The number of aliphatic imine (C=N–C) groups is 1. The maximum atomic E-state index is 6.94. The Balaban J connectivity index is 1.35. The van der Waals surface area contributed by atoms with Gasteiger partial charge in [0, 0.05) is 14.6 Å². The highest BCUT2D eigenvalue weighted by Crippen LogP contribution is 2.48. The monoisotopic (exact) mass is 538 g/mol. The first-order valence-electron chi connectivity index (χ1n) is 13.9. The molecule has 0 fully saturated rings. The van der Waals surface area contributed by atoms with Crippen LogP contribution in [0.4, 0.5) is 0 Å². The van der Waals surface area contributed by atoms with Crippen LogP contribution in [0.25, 0.3) is 0 Å². The maximum absolute atomic E-state index is 6.94. The second kappa shape index (κ2) is 11.2. The standard InChI is InChI=1S/C36H31N2OP/c1-5-15-27(16-6-1)34-35(28-17-7-2-8-18-28)39-36(37-34)33-25-29-19-13-14-20-30(29)26-38(33)40(31-21-9-3-10-22-31)32-23-11-4-12-24-32/h1-24,33-35H,25-26H2/t33-,34-,35+/m1/s1. The molecule has 0 aromatic heterocycles. The summed E-state index contributed by atoms with van der Waals surface area (Å²) in [4.78, 5) is 5.40. The minimum absolute atomic E-state index is 0.0290. The van der Waals surface area contributed by atoms with Crippen LogP contribution in [-0.4, -0.2) is 16.6 Å². The average molecular weight is 539 g/mol. The van der Waals surface area contributed by atoms with Crippen molar-refractivity contribution in [2.75, 3.05) is 0 Å². The summed E-state index contributed by atoms with van der Waals surface area (Å²) in [5.74, 6) is 0.844. The lowest BCUT2D eigenvalue weighted by Gasteiger charge is -2.41. The maximum Gasteiger partial charge on any atom is 0.203 e. The van der Waals surface area contributed by atoms with Crippen LogP contribution >= 0.6 is 8.07 Å². The van der Waals surface area contributed by atoms with Crippen molar-refractivity contribution in [3.05, 3.63) is 168 Å². The zero-order valence-corrected chi connectivity index (χ0v) is 23.1. The Morgan fingerprint density at radius 1 is 0.575 bits per heavy atom. The fourth-order valence-electron chi connectivity index (χ4n) is 5.91. The van der Waals surface area contributed by atoms with Gasteiger partial charge in [-0.25, -0.2) is 4.99 Å². The minimum Gasteiger partial charge on any atom is -0.469 e. The summed E-state index contributed by atoms with van der Waals surface area (Å²) < 4.78 is 9.60. The van der Waals surface area contributed by atoms with Gasteiger partial charge in [0.25, 0.3) is 0 Å². The molecular formula is C36H31N2OP. The minimum atomic E-state index is -0.813. The number of hydrogen-bond donors (Lipinski definition) is 0. The molecule has 2 aliphatic rings. The second-order valence-electron chi connectivity index (χ2n) is 10.3. The van der Waals surface area contributed by atoms with Gasteiger partial charge in [-0.2, -0.15) is 0 Å². The first-order chi connectivity index (χ1) is 19.8. The Morgan fingerprint density at radius 3 is 1.68 bits per heavy atom. The van der Waals surface area contributed by atoms with Crippen LogP contribution in [-0.2, 0) is 17.7 Å². The van der Waals surface area contributed by atoms with E-state index in [1.165, 1.54) is 27.3 Å². The number of rotatable bonds is 6. The quantitative estimate of drug-likeness (QED) is 0.211. The Kier molecular flexibility index (Phi) is 7.00. The molecule has 0 N–H and O–H groups in total. The third-order valence-corrected chi connectivity index (χ3v) is 10.3. The third kappa shape index (κ3) is 4.88. The topological polar surface area (TPSA) is 24.8 Å². The number of ether oxygens (including phenoxy) is 1. The summed E-state index contributed by atoms with van der Waals surface area (Å²) in [5, 5.41) is 2.68. The van der Waals surface area contributed by atoms with Crippen molar-refractivity contribution in [1.29, 1.82) is 0 Å². The molecule has 2 aliphatic heterocycles. The van der Waals surface area contributed by atoms with Crippen LogP contribution < -0.4 is 10.6 Å². The van der Waals surface area contributed by atoms with Gasteiger partial charge in [-0.15, -0.1) is 0 Å². The lowest BCUT2D eigenvalue weighted by molar-refractivity contribution is 0.177. The molecule has 4 heteroatoms. The molecule has 0 radical (unpaired) electrons. The third-order valence-electron chi connectivity index (χ3n) is 7.84. The molecular weight excluding hydrogens is 507 g/mol. The summed E-state index contributed by atoms with van der Waals surface area (Å²) in [6, 6.07) is 51.9. The molecule has 3 atom stereocenters. The van der Waals surface area contributed by atoms with Gasteiger partial charge in [0.2, 0.25) is 5.90 Å². The molecule has 0 spiro atoms. The largest absolute Gasteiger partial charge is 0.469 e. The second-order valence-corrected chi connectivity index (χ2v) is 12.5. The highest BCUT2D eigenvalue weighted by molar-refractivity contribution is 7.70. The Labute approximate surface area is 237 Å². The normalized spacial score (nSPS) is 20.5. The summed E-state index contributed by atoms with van der Waals surface area (Å²) in [7, 11) is -0.813. The van der Waals surface area contributed by atoms with E-state index in [1.54, 1.807) is 0 Å². The molecule has 196 valence electrons. The molecule has 0 saturated heterocycles.